The number of allylic oxidation sites excluding steroid dienone is 1. The molecule has 13 heavy (non-hydrogen) atoms. The summed E-state index contributed by atoms with van der Waals surface area (Å²) in [6.07, 6.45) is 5.41. The first-order valence-electron chi connectivity index (χ1n) is 4.69. The molecule has 1 rings (SSSR count). The molecule has 1 unspecified atom stereocenters. The lowest BCUT2D eigenvalue weighted by molar-refractivity contribution is -0.148. The molecule has 1 saturated heterocycles. The lowest BCUT2D eigenvalue weighted by atomic mass is 9.92. The molecule has 1 atom stereocenters. The SMILES string of the molecule is C=CCCC1(C(=O)OC)CCCN1. The van der Waals surface area contributed by atoms with E-state index < -0.39 is 5.54 Å². The quantitative estimate of drug-likeness (QED) is 0.526. The number of rotatable bonds is 4. The molecule has 0 spiro atoms. The summed E-state index contributed by atoms with van der Waals surface area (Å²) in [6, 6.07) is 0. The molecule has 1 aliphatic heterocycles. The molecule has 1 heterocycles. The van der Waals surface area contributed by atoms with E-state index in [1.807, 2.05) is 6.08 Å². The summed E-state index contributed by atoms with van der Waals surface area (Å²) in [5, 5.41) is 3.23. The van der Waals surface area contributed by atoms with E-state index in [9.17, 15) is 4.79 Å². The first-order chi connectivity index (χ1) is 6.25. The van der Waals surface area contributed by atoms with Crippen LogP contribution in [0.2, 0.25) is 0 Å². The smallest absolute Gasteiger partial charge is 0.326 e. The Hall–Kier alpha value is -0.830. The van der Waals surface area contributed by atoms with Gasteiger partial charge in [-0.1, -0.05) is 6.08 Å². The van der Waals surface area contributed by atoms with Crippen LogP contribution in [0.15, 0.2) is 12.7 Å². The first kappa shape index (κ1) is 10.3. The fourth-order valence-corrected chi connectivity index (χ4v) is 1.84. The highest BCUT2D eigenvalue weighted by atomic mass is 16.5. The normalized spacial score (nSPS) is 27.2. The van der Waals surface area contributed by atoms with Gasteiger partial charge in [0.15, 0.2) is 0 Å². The van der Waals surface area contributed by atoms with Gasteiger partial charge >= 0.3 is 5.97 Å². The Morgan fingerprint density at radius 1 is 1.77 bits per heavy atom. The number of hydrogen-bond acceptors (Lipinski definition) is 3. The molecule has 0 saturated carbocycles. The van der Waals surface area contributed by atoms with Gasteiger partial charge in [-0.2, -0.15) is 0 Å². The number of carbonyl (C=O) groups excluding carboxylic acids is 1. The zero-order valence-corrected chi connectivity index (χ0v) is 8.14. The highest BCUT2D eigenvalue weighted by Crippen LogP contribution is 2.26. The summed E-state index contributed by atoms with van der Waals surface area (Å²) in [5.74, 6) is -0.133. The van der Waals surface area contributed by atoms with Crippen LogP contribution in [0.3, 0.4) is 0 Å². The van der Waals surface area contributed by atoms with Crippen LogP contribution in [0.1, 0.15) is 25.7 Å². The predicted octanol–water partition coefficient (Wildman–Crippen LogP) is 1.25. The maximum absolute atomic E-state index is 11.5. The number of hydrogen-bond donors (Lipinski definition) is 1. The van der Waals surface area contributed by atoms with E-state index in [1.165, 1.54) is 7.11 Å². The van der Waals surface area contributed by atoms with Gasteiger partial charge in [0.1, 0.15) is 5.54 Å². The fourth-order valence-electron chi connectivity index (χ4n) is 1.84. The highest BCUT2D eigenvalue weighted by Gasteiger charge is 2.40. The van der Waals surface area contributed by atoms with E-state index in [4.69, 9.17) is 4.74 Å². The van der Waals surface area contributed by atoms with Crippen LogP contribution in [0.25, 0.3) is 0 Å². The summed E-state index contributed by atoms with van der Waals surface area (Å²) < 4.78 is 4.80. The lowest BCUT2D eigenvalue weighted by Crippen LogP contribution is -2.48. The van der Waals surface area contributed by atoms with Crippen molar-refractivity contribution in [3.63, 3.8) is 0 Å². The average Bonchev–Trinajstić information content (AvgIpc) is 2.63. The van der Waals surface area contributed by atoms with Gasteiger partial charge in [-0.25, -0.2) is 0 Å². The Labute approximate surface area is 79.2 Å². The Balaban J connectivity index is 2.62. The van der Waals surface area contributed by atoms with Crippen LogP contribution in [0.4, 0.5) is 0 Å². The lowest BCUT2D eigenvalue weighted by Gasteiger charge is -2.25. The summed E-state index contributed by atoms with van der Waals surface area (Å²) >= 11 is 0. The minimum Gasteiger partial charge on any atom is -0.468 e. The third-order valence-electron chi connectivity index (χ3n) is 2.60. The fraction of sp³-hybridized carbons (Fsp3) is 0.700. The Bertz CT molecular complexity index is 195. The molecular weight excluding hydrogens is 166 g/mol. The largest absolute Gasteiger partial charge is 0.468 e. The summed E-state index contributed by atoms with van der Waals surface area (Å²) in [4.78, 5) is 11.5. The van der Waals surface area contributed by atoms with Gasteiger partial charge in [-0.3, -0.25) is 4.79 Å². The van der Waals surface area contributed by atoms with E-state index in [2.05, 4.69) is 11.9 Å². The van der Waals surface area contributed by atoms with Crippen LogP contribution in [-0.4, -0.2) is 25.2 Å². The molecule has 3 heteroatoms. The van der Waals surface area contributed by atoms with Crippen LogP contribution >= 0.6 is 0 Å². The second-order valence-corrected chi connectivity index (χ2v) is 3.43. The molecule has 3 nitrogen and oxygen atoms in total. The summed E-state index contributed by atoms with van der Waals surface area (Å²) in [6.45, 7) is 4.57. The van der Waals surface area contributed by atoms with Gasteiger partial charge in [-0.05, 0) is 32.2 Å². The minimum atomic E-state index is -0.428. The van der Waals surface area contributed by atoms with Crippen molar-refractivity contribution < 1.29 is 9.53 Å². The molecule has 1 N–H and O–H groups in total. The molecule has 1 fully saturated rings. The highest BCUT2D eigenvalue weighted by molar-refractivity contribution is 5.81. The van der Waals surface area contributed by atoms with Crippen molar-refractivity contribution in [1.29, 1.82) is 0 Å². The summed E-state index contributed by atoms with van der Waals surface area (Å²) in [5.41, 5.74) is -0.428. The standard InChI is InChI=1S/C10H17NO2/c1-3-4-6-10(9(12)13-2)7-5-8-11-10/h3,11H,1,4-8H2,2H3. The predicted molar refractivity (Wildman–Crippen MR) is 51.4 cm³/mol. The number of nitrogens with one attached hydrogen (secondary N) is 1. The van der Waals surface area contributed by atoms with Crippen LogP contribution < -0.4 is 5.32 Å². The second kappa shape index (κ2) is 4.42. The number of ether oxygens (including phenoxy) is 1. The zero-order chi connectivity index (χ0) is 9.73. The molecule has 0 aromatic carbocycles. The second-order valence-electron chi connectivity index (χ2n) is 3.43. The summed E-state index contributed by atoms with van der Waals surface area (Å²) in [7, 11) is 1.44. The van der Waals surface area contributed by atoms with Crippen molar-refractivity contribution in [3.8, 4) is 0 Å². The van der Waals surface area contributed by atoms with Crippen LogP contribution in [-0.2, 0) is 9.53 Å². The van der Waals surface area contributed by atoms with Crippen molar-refractivity contribution in [2.24, 2.45) is 0 Å². The monoisotopic (exact) mass is 183 g/mol. The molecule has 74 valence electrons. The molecule has 0 bridgehead atoms. The first-order valence-corrected chi connectivity index (χ1v) is 4.69. The molecule has 0 radical (unpaired) electrons. The third kappa shape index (κ3) is 2.10. The van der Waals surface area contributed by atoms with E-state index >= 15 is 0 Å². The topological polar surface area (TPSA) is 38.3 Å². The molecule has 0 aromatic rings. The van der Waals surface area contributed by atoms with E-state index in [0.717, 1.165) is 32.2 Å². The number of esters is 1. The van der Waals surface area contributed by atoms with Crippen molar-refractivity contribution in [1.82, 2.24) is 5.32 Å². The maximum Gasteiger partial charge on any atom is 0.326 e. The Morgan fingerprint density at radius 2 is 2.54 bits per heavy atom. The number of carbonyl (C=O) groups is 1. The van der Waals surface area contributed by atoms with Crippen molar-refractivity contribution >= 4 is 5.97 Å². The van der Waals surface area contributed by atoms with Crippen LogP contribution in [0, 0.1) is 0 Å². The maximum atomic E-state index is 11.5. The Kier molecular flexibility index (Phi) is 3.48. The van der Waals surface area contributed by atoms with Crippen LogP contribution in [0.5, 0.6) is 0 Å². The van der Waals surface area contributed by atoms with Gasteiger partial charge in [-0.15, -0.1) is 6.58 Å². The molecule has 0 amide bonds. The zero-order valence-electron chi connectivity index (χ0n) is 8.14. The van der Waals surface area contributed by atoms with Gasteiger partial charge in [0.25, 0.3) is 0 Å². The third-order valence-corrected chi connectivity index (χ3v) is 2.60. The van der Waals surface area contributed by atoms with Gasteiger partial charge in [0.2, 0.25) is 0 Å². The van der Waals surface area contributed by atoms with Gasteiger partial charge in [0, 0.05) is 0 Å². The van der Waals surface area contributed by atoms with Gasteiger partial charge < -0.3 is 10.1 Å². The van der Waals surface area contributed by atoms with Crippen molar-refractivity contribution in [3.05, 3.63) is 12.7 Å². The van der Waals surface area contributed by atoms with Crippen molar-refractivity contribution in [2.45, 2.75) is 31.2 Å². The Morgan fingerprint density at radius 3 is 3.00 bits per heavy atom. The molecular formula is C10H17NO2. The van der Waals surface area contributed by atoms with E-state index in [1.54, 1.807) is 0 Å². The van der Waals surface area contributed by atoms with Crippen molar-refractivity contribution in [2.75, 3.05) is 13.7 Å². The average molecular weight is 183 g/mol. The molecule has 0 aliphatic carbocycles. The number of methoxy groups -OCH3 is 1. The van der Waals surface area contributed by atoms with E-state index in [-0.39, 0.29) is 5.97 Å². The molecule has 0 aromatic heterocycles. The van der Waals surface area contributed by atoms with Gasteiger partial charge in [0.05, 0.1) is 7.11 Å². The molecule has 1 aliphatic rings. The minimum absolute atomic E-state index is 0.133. The van der Waals surface area contributed by atoms with E-state index in [0.29, 0.717) is 0 Å².